The number of hydrogen-bond acceptors (Lipinski definition) is 4. The number of rotatable bonds is 4. The van der Waals surface area contributed by atoms with Crippen molar-refractivity contribution in [1.82, 2.24) is 13.9 Å². The lowest BCUT2D eigenvalue weighted by molar-refractivity contribution is 0.0707. The van der Waals surface area contributed by atoms with E-state index in [2.05, 4.69) is 4.72 Å². The van der Waals surface area contributed by atoms with Crippen LogP contribution in [0, 0.1) is 0 Å². The van der Waals surface area contributed by atoms with Crippen LogP contribution in [0.2, 0.25) is 0 Å². The van der Waals surface area contributed by atoms with Gasteiger partial charge in [0, 0.05) is 32.2 Å². The van der Waals surface area contributed by atoms with Gasteiger partial charge in [-0.1, -0.05) is 12.5 Å². The number of carbonyl (C=O) groups excluding carboxylic acids is 1. The van der Waals surface area contributed by atoms with Gasteiger partial charge in [0.15, 0.2) is 0 Å². The average Bonchev–Trinajstić information content (AvgIpc) is 3.09. The van der Waals surface area contributed by atoms with Gasteiger partial charge in [0.1, 0.15) is 0 Å². The van der Waals surface area contributed by atoms with Crippen LogP contribution in [-0.4, -0.2) is 55.8 Å². The Hall–Kier alpha value is -0.960. The second-order valence-electron chi connectivity index (χ2n) is 6.15. The molecule has 2 aliphatic rings. The molecular weight excluding hydrogens is 334 g/mol. The normalized spacial score (nSPS) is 23.8. The molecule has 128 valence electrons. The minimum absolute atomic E-state index is 0.00173. The van der Waals surface area contributed by atoms with Crippen molar-refractivity contribution in [3.63, 3.8) is 0 Å². The van der Waals surface area contributed by atoms with Gasteiger partial charge in [0.25, 0.3) is 16.1 Å². The second kappa shape index (κ2) is 7.29. The molecule has 3 heterocycles. The van der Waals surface area contributed by atoms with Crippen molar-refractivity contribution in [3.8, 4) is 0 Å². The van der Waals surface area contributed by atoms with E-state index < -0.39 is 10.2 Å². The van der Waals surface area contributed by atoms with Crippen molar-refractivity contribution < 1.29 is 13.2 Å². The van der Waals surface area contributed by atoms with E-state index in [0.29, 0.717) is 31.1 Å². The zero-order valence-corrected chi connectivity index (χ0v) is 14.7. The molecule has 0 aromatic carbocycles. The largest absolute Gasteiger partial charge is 0.336 e. The quantitative estimate of drug-likeness (QED) is 0.891. The molecule has 1 aromatic rings. The van der Waals surface area contributed by atoms with Crippen molar-refractivity contribution in [2.24, 2.45) is 0 Å². The van der Waals surface area contributed by atoms with Gasteiger partial charge in [-0.15, -0.1) is 11.3 Å². The summed E-state index contributed by atoms with van der Waals surface area (Å²) < 4.78 is 29.3. The summed E-state index contributed by atoms with van der Waals surface area (Å²) in [5.41, 5.74) is 0. The lowest BCUT2D eigenvalue weighted by Crippen LogP contribution is -2.53. The topological polar surface area (TPSA) is 69.7 Å². The Morgan fingerprint density at radius 1 is 1.17 bits per heavy atom. The molecule has 0 spiro atoms. The Morgan fingerprint density at radius 2 is 1.96 bits per heavy atom. The van der Waals surface area contributed by atoms with E-state index in [1.54, 1.807) is 4.90 Å². The van der Waals surface area contributed by atoms with E-state index in [1.165, 1.54) is 15.6 Å². The summed E-state index contributed by atoms with van der Waals surface area (Å²) in [6.07, 6.45) is 4.55. The molecule has 23 heavy (non-hydrogen) atoms. The fraction of sp³-hybridized carbons (Fsp3) is 0.667. The Bertz CT molecular complexity index is 624. The van der Waals surface area contributed by atoms with Gasteiger partial charge in [-0.05, 0) is 37.1 Å². The third-order valence-corrected chi connectivity index (χ3v) is 6.95. The molecule has 1 N–H and O–H groups in total. The predicted molar refractivity (Wildman–Crippen MR) is 90.7 cm³/mol. The molecule has 1 atom stereocenters. The zero-order valence-electron chi connectivity index (χ0n) is 13.1. The van der Waals surface area contributed by atoms with Crippen LogP contribution in [0.15, 0.2) is 17.5 Å². The van der Waals surface area contributed by atoms with Crippen LogP contribution in [0.4, 0.5) is 0 Å². The monoisotopic (exact) mass is 357 g/mol. The minimum atomic E-state index is -3.44. The minimum Gasteiger partial charge on any atom is -0.336 e. The molecule has 8 heteroatoms. The first-order chi connectivity index (χ1) is 11.1. The molecule has 2 aliphatic heterocycles. The van der Waals surface area contributed by atoms with E-state index >= 15 is 0 Å². The van der Waals surface area contributed by atoms with Gasteiger partial charge >= 0.3 is 0 Å². The molecular formula is C15H23N3O3S2. The first-order valence-corrected chi connectivity index (χ1v) is 10.5. The maximum absolute atomic E-state index is 12.5. The van der Waals surface area contributed by atoms with E-state index in [9.17, 15) is 13.2 Å². The molecule has 3 rings (SSSR count). The van der Waals surface area contributed by atoms with Crippen molar-refractivity contribution in [2.75, 3.05) is 26.2 Å². The molecule has 1 aromatic heterocycles. The fourth-order valence-electron chi connectivity index (χ4n) is 3.20. The SMILES string of the molecule is O=C(c1cccs1)N1CCCC(NS(=O)(=O)N2CCCCC2)C1. The summed E-state index contributed by atoms with van der Waals surface area (Å²) in [5.74, 6) is 0.00173. The van der Waals surface area contributed by atoms with Gasteiger partial charge in [-0.25, -0.2) is 0 Å². The number of nitrogens with zero attached hydrogens (tertiary/aromatic N) is 2. The Balaban J connectivity index is 1.61. The third kappa shape index (κ3) is 4.12. The Kier molecular flexibility index (Phi) is 5.35. The number of nitrogens with one attached hydrogen (secondary N) is 1. The van der Waals surface area contributed by atoms with Gasteiger partial charge in [0.05, 0.1) is 4.88 Å². The summed E-state index contributed by atoms with van der Waals surface area (Å²) in [6, 6.07) is 3.48. The third-order valence-electron chi connectivity index (χ3n) is 4.41. The fourth-order valence-corrected chi connectivity index (χ4v) is 5.40. The van der Waals surface area contributed by atoms with Crippen LogP contribution < -0.4 is 4.72 Å². The summed E-state index contributed by atoms with van der Waals surface area (Å²) in [4.78, 5) is 14.9. The molecule has 2 fully saturated rings. The summed E-state index contributed by atoms with van der Waals surface area (Å²) in [6.45, 7) is 2.34. The van der Waals surface area contributed by atoms with Crippen LogP contribution >= 0.6 is 11.3 Å². The van der Waals surface area contributed by atoms with Crippen LogP contribution in [0.5, 0.6) is 0 Å². The highest BCUT2D eigenvalue weighted by molar-refractivity contribution is 7.87. The number of amides is 1. The molecule has 2 saturated heterocycles. The van der Waals surface area contributed by atoms with Crippen LogP contribution in [0.1, 0.15) is 41.8 Å². The Labute approximate surface area is 141 Å². The molecule has 1 amide bonds. The average molecular weight is 358 g/mol. The lowest BCUT2D eigenvalue weighted by atomic mass is 10.1. The molecule has 6 nitrogen and oxygen atoms in total. The highest BCUT2D eigenvalue weighted by atomic mass is 32.2. The molecule has 0 bridgehead atoms. The molecule has 0 saturated carbocycles. The first kappa shape index (κ1) is 16.9. The second-order valence-corrected chi connectivity index (χ2v) is 8.80. The van der Waals surface area contributed by atoms with Gasteiger partial charge in [-0.3, -0.25) is 4.79 Å². The first-order valence-electron chi connectivity index (χ1n) is 8.16. The van der Waals surface area contributed by atoms with Crippen LogP contribution in [-0.2, 0) is 10.2 Å². The summed E-state index contributed by atoms with van der Waals surface area (Å²) in [7, 11) is -3.44. The number of likely N-dealkylation sites (tertiary alicyclic amines) is 1. The van der Waals surface area contributed by atoms with Gasteiger partial charge < -0.3 is 4.90 Å². The van der Waals surface area contributed by atoms with Crippen LogP contribution in [0.3, 0.4) is 0 Å². The van der Waals surface area contributed by atoms with Crippen LogP contribution in [0.25, 0.3) is 0 Å². The summed E-state index contributed by atoms with van der Waals surface area (Å²) in [5, 5.41) is 1.88. The van der Waals surface area contributed by atoms with Crippen molar-refractivity contribution in [1.29, 1.82) is 0 Å². The van der Waals surface area contributed by atoms with Crippen molar-refractivity contribution in [2.45, 2.75) is 38.1 Å². The molecule has 0 radical (unpaired) electrons. The van der Waals surface area contributed by atoms with Gasteiger partial charge in [0.2, 0.25) is 0 Å². The van der Waals surface area contributed by atoms with E-state index in [1.807, 2.05) is 17.5 Å². The highest BCUT2D eigenvalue weighted by Gasteiger charge is 2.31. The van der Waals surface area contributed by atoms with E-state index in [-0.39, 0.29) is 11.9 Å². The number of thiophene rings is 1. The van der Waals surface area contributed by atoms with Crippen molar-refractivity contribution in [3.05, 3.63) is 22.4 Å². The maximum atomic E-state index is 12.5. The van der Waals surface area contributed by atoms with E-state index in [4.69, 9.17) is 0 Å². The number of hydrogen-bond donors (Lipinski definition) is 1. The predicted octanol–water partition coefficient (Wildman–Crippen LogP) is 1.67. The lowest BCUT2D eigenvalue weighted by Gasteiger charge is -2.34. The number of carbonyl (C=O) groups is 1. The van der Waals surface area contributed by atoms with Crippen molar-refractivity contribution >= 4 is 27.5 Å². The maximum Gasteiger partial charge on any atom is 0.279 e. The van der Waals surface area contributed by atoms with E-state index in [0.717, 1.165) is 32.1 Å². The summed E-state index contributed by atoms with van der Waals surface area (Å²) >= 11 is 1.42. The Morgan fingerprint density at radius 3 is 2.65 bits per heavy atom. The molecule has 0 aliphatic carbocycles. The zero-order chi connectivity index (χ0) is 16.3. The smallest absolute Gasteiger partial charge is 0.279 e. The standard InChI is InChI=1S/C15H23N3O3S2/c19-15(14-7-5-11-22-14)17-8-4-6-13(12-17)16-23(20,21)18-9-2-1-3-10-18/h5,7,11,13,16H,1-4,6,8-10,12H2. The highest BCUT2D eigenvalue weighted by Crippen LogP contribution is 2.19. The number of piperidine rings is 2. The van der Waals surface area contributed by atoms with Gasteiger partial charge in [-0.2, -0.15) is 17.4 Å². The molecule has 1 unspecified atom stereocenters.